The summed E-state index contributed by atoms with van der Waals surface area (Å²) in [5.74, 6) is -3.32. The van der Waals surface area contributed by atoms with Crippen LogP contribution in [-0.4, -0.2) is 88.6 Å². The molecule has 1 aliphatic rings. The third kappa shape index (κ3) is 7.96. The lowest BCUT2D eigenvalue weighted by Gasteiger charge is -2.31. The van der Waals surface area contributed by atoms with Crippen LogP contribution in [0.25, 0.3) is 0 Å². The number of carbonyl (C=O) groups excluding carboxylic acids is 3. The standard InChI is InChI=1S/C19H35N7O6/c1-10(2)14(25-15(28)11(20)9-27)17(30)26-8-4-6-13(26)16(29)24-12(18(31)32)5-3-7-23-19(21)22/h10-14,27H,3-9,20H2,1-2H3,(H,24,29)(H,25,28)(H,31,32)(H4,21,22,23). The summed E-state index contributed by atoms with van der Waals surface area (Å²) >= 11 is 0. The molecule has 3 amide bonds. The third-order valence-corrected chi connectivity index (χ3v) is 5.16. The van der Waals surface area contributed by atoms with Gasteiger partial charge in [-0.25, -0.2) is 4.79 Å². The summed E-state index contributed by atoms with van der Waals surface area (Å²) in [6.07, 6.45) is 1.38. The van der Waals surface area contributed by atoms with Crippen LogP contribution in [0, 0.1) is 5.92 Å². The molecular weight excluding hydrogens is 422 g/mol. The van der Waals surface area contributed by atoms with E-state index in [0.717, 1.165) is 0 Å². The number of nitrogens with two attached hydrogens (primary N) is 3. The molecule has 0 saturated carbocycles. The van der Waals surface area contributed by atoms with Crippen LogP contribution < -0.4 is 27.8 Å². The first kappa shape index (κ1) is 27.1. The topological polar surface area (TPSA) is 226 Å². The first-order valence-corrected chi connectivity index (χ1v) is 10.5. The van der Waals surface area contributed by atoms with Gasteiger partial charge in [0.05, 0.1) is 6.61 Å². The van der Waals surface area contributed by atoms with Crippen molar-refractivity contribution in [1.29, 1.82) is 0 Å². The molecule has 0 aromatic rings. The molecular formula is C19H35N7O6. The molecule has 13 heteroatoms. The van der Waals surface area contributed by atoms with Crippen molar-refractivity contribution >= 4 is 29.7 Å². The molecule has 0 spiro atoms. The van der Waals surface area contributed by atoms with Crippen LogP contribution in [-0.2, 0) is 19.2 Å². The van der Waals surface area contributed by atoms with Gasteiger partial charge >= 0.3 is 5.97 Å². The summed E-state index contributed by atoms with van der Waals surface area (Å²) in [7, 11) is 0. The zero-order valence-corrected chi connectivity index (χ0v) is 18.5. The molecule has 0 aromatic heterocycles. The number of likely N-dealkylation sites (tertiary alicyclic amines) is 1. The predicted octanol–water partition coefficient (Wildman–Crippen LogP) is -2.94. The van der Waals surface area contributed by atoms with Crippen molar-refractivity contribution in [3.05, 3.63) is 0 Å². The fraction of sp³-hybridized carbons (Fsp3) is 0.737. The molecule has 4 unspecified atom stereocenters. The summed E-state index contributed by atoms with van der Waals surface area (Å²) < 4.78 is 0. The second kappa shape index (κ2) is 12.8. The number of amides is 3. The number of hydrogen-bond acceptors (Lipinski definition) is 7. The number of guanidine groups is 1. The van der Waals surface area contributed by atoms with Crippen LogP contribution in [0.5, 0.6) is 0 Å². The lowest BCUT2D eigenvalue weighted by Crippen LogP contribution is -2.58. The molecule has 4 atom stereocenters. The Balaban J connectivity index is 2.85. The normalized spacial score (nSPS) is 18.5. The van der Waals surface area contributed by atoms with Crippen molar-refractivity contribution in [2.24, 2.45) is 28.1 Å². The molecule has 10 N–H and O–H groups in total. The van der Waals surface area contributed by atoms with E-state index in [0.29, 0.717) is 25.8 Å². The number of rotatable bonds is 12. The van der Waals surface area contributed by atoms with Crippen molar-refractivity contribution in [3.63, 3.8) is 0 Å². The Morgan fingerprint density at radius 2 is 1.84 bits per heavy atom. The van der Waals surface area contributed by atoms with E-state index in [9.17, 15) is 24.3 Å². The van der Waals surface area contributed by atoms with E-state index in [4.69, 9.17) is 22.3 Å². The lowest BCUT2D eigenvalue weighted by atomic mass is 10.0. The summed E-state index contributed by atoms with van der Waals surface area (Å²) in [5, 5.41) is 23.5. The minimum absolute atomic E-state index is 0.104. The van der Waals surface area contributed by atoms with Crippen molar-refractivity contribution < 1.29 is 29.4 Å². The highest BCUT2D eigenvalue weighted by Gasteiger charge is 2.39. The van der Waals surface area contributed by atoms with Gasteiger partial charge in [0.1, 0.15) is 24.2 Å². The van der Waals surface area contributed by atoms with E-state index in [1.54, 1.807) is 13.8 Å². The van der Waals surface area contributed by atoms with Crippen LogP contribution in [0.4, 0.5) is 0 Å². The number of carboxylic acids is 1. The Labute approximate surface area is 186 Å². The van der Waals surface area contributed by atoms with Crippen molar-refractivity contribution in [2.45, 2.75) is 63.7 Å². The molecule has 0 bridgehead atoms. The van der Waals surface area contributed by atoms with Gasteiger partial charge in [-0.15, -0.1) is 0 Å². The van der Waals surface area contributed by atoms with Gasteiger partial charge in [0.25, 0.3) is 0 Å². The van der Waals surface area contributed by atoms with Crippen LogP contribution in [0.1, 0.15) is 39.5 Å². The van der Waals surface area contributed by atoms with E-state index < -0.39 is 54.5 Å². The lowest BCUT2D eigenvalue weighted by molar-refractivity contribution is -0.145. The average Bonchev–Trinajstić information content (AvgIpc) is 3.22. The molecule has 13 nitrogen and oxygen atoms in total. The largest absolute Gasteiger partial charge is 0.480 e. The quantitative estimate of drug-likeness (QED) is 0.0902. The highest BCUT2D eigenvalue weighted by atomic mass is 16.4. The number of carboxylic acid groups (broad SMARTS) is 1. The monoisotopic (exact) mass is 457 g/mol. The second-order valence-corrected chi connectivity index (χ2v) is 8.06. The minimum atomic E-state index is -1.20. The SMILES string of the molecule is CC(C)C(NC(=O)C(N)CO)C(=O)N1CCCC1C(=O)NC(CCCN=C(N)N)C(=O)O. The first-order valence-electron chi connectivity index (χ1n) is 10.5. The van der Waals surface area contributed by atoms with Gasteiger partial charge in [-0.05, 0) is 31.6 Å². The van der Waals surface area contributed by atoms with Gasteiger partial charge in [0, 0.05) is 13.1 Å². The number of nitrogens with one attached hydrogen (secondary N) is 2. The van der Waals surface area contributed by atoms with Crippen LogP contribution in [0.3, 0.4) is 0 Å². The number of aliphatic carboxylic acids is 1. The zero-order valence-electron chi connectivity index (χ0n) is 18.5. The molecule has 182 valence electrons. The van der Waals surface area contributed by atoms with Gasteiger partial charge in [-0.3, -0.25) is 19.4 Å². The summed E-state index contributed by atoms with van der Waals surface area (Å²) in [6, 6.07) is -4.12. The molecule has 0 aromatic carbocycles. The molecule has 0 radical (unpaired) electrons. The zero-order chi connectivity index (χ0) is 24.4. The van der Waals surface area contributed by atoms with Gasteiger partial charge in [-0.1, -0.05) is 13.8 Å². The molecule has 0 aliphatic carbocycles. The molecule has 1 fully saturated rings. The minimum Gasteiger partial charge on any atom is -0.480 e. The number of carbonyl (C=O) groups is 4. The highest BCUT2D eigenvalue weighted by molar-refractivity contribution is 5.94. The highest BCUT2D eigenvalue weighted by Crippen LogP contribution is 2.21. The maximum atomic E-state index is 13.1. The summed E-state index contributed by atoms with van der Waals surface area (Å²) in [5.41, 5.74) is 16.0. The number of nitrogens with zero attached hydrogens (tertiary/aromatic N) is 2. The van der Waals surface area contributed by atoms with Crippen molar-refractivity contribution in [2.75, 3.05) is 19.7 Å². The van der Waals surface area contributed by atoms with Crippen LogP contribution in [0.15, 0.2) is 4.99 Å². The van der Waals surface area contributed by atoms with Crippen LogP contribution in [0.2, 0.25) is 0 Å². The number of hydrogen-bond donors (Lipinski definition) is 7. The van der Waals surface area contributed by atoms with Gasteiger partial charge < -0.3 is 42.9 Å². The molecule has 1 aliphatic heterocycles. The molecule has 1 rings (SSSR count). The Morgan fingerprint density at radius 1 is 1.19 bits per heavy atom. The van der Waals surface area contributed by atoms with E-state index in [-0.39, 0.29) is 24.8 Å². The van der Waals surface area contributed by atoms with Gasteiger partial charge in [0.2, 0.25) is 17.7 Å². The second-order valence-electron chi connectivity index (χ2n) is 8.06. The Kier molecular flexibility index (Phi) is 10.9. The van der Waals surface area contributed by atoms with Crippen molar-refractivity contribution in [3.8, 4) is 0 Å². The maximum absolute atomic E-state index is 13.1. The fourth-order valence-corrected chi connectivity index (χ4v) is 3.37. The number of aliphatic hydroxyl groups excluding tert-OH is 1. The first-order chi connectivity index (χ1) is 15.0. The van der Waals surface area contributed by atoms with Crippen molar-refractivity contribution in [1.82, 2.24) is 15.5 Å². The Bertz CT molecular complexity index is 710. The van der Waals surface area contributed by atoms with E-state index in [1.807, 2.05) is 0 Å². The van der Waals surface area contributed by atoms with E-state index in [2.05, 4.69) is 15.6 Å². The number of aliphatic hydroxyl groups is 1. The van der Waals surface area contributed by atoms with Crippen LogP contribution >= 0.6 is 0 Å². The third-order valence-electron chi connectivity index (χ3n) is 5.16. The number of aliphatic imine (C=N–C) groups is 1. The average molecular weight is 458 g/mol. The summed E-state index contributed by atoms with van der Waals surface area (Å²) in [4.78, 5) is 54.7. The predicted molar refractivity (Wildman–Crippen MR) is 116 cm³/mol. The Hall–Kier alpha value is -2.93. The fourth-order valence-electron chi connectivity index (χ4n) is 3.37. The summed E-state index contributed by atoms with van der Waals surface area (Å²) in [6.45, 7) is 3.41. The maximum Gasteiger partial charge on any atom is 0.326 e. The van der Waals surface area contributed by atoms with E-state index in [1.165, 1.54) is 4.90 Å². The van der Waals surface area contributed by atoms with Gasteiger partial charge in [-0.2, -0.15) is 0 Å². The molecule has 1 saturated heterocycles. The molecule has 32 heavy (non-hydrogen) atoms. The Morgan fingerprint density at radius 3 is 2.38 bits per heavy atom. The molecule has 1 heterocycles. The smallest absolute Gasteiger partial charge is 0.326 e. The van der Waals surface area contributed by atoms with E-state index >= 15 is 0 Å². The van der Waals surface area contributed by atoms with Gasteiger partial charge in [0.15, 0.2) is 5.96 Å².